The van der Waals surface area contributed by atoms with E-state index in [1.165, 1.54) is 0 Å². The molecule has 114 valence electrons. The number of ketones is 1. The predicted octanol–water partition coefficient (Wildman–Crippen LogP) is 3.40. The minimum Gasteiger partial charge on any atom is -0.456 e. The Kier molecular flexibility index (Phi) is 4.38. The van der Waals surface area contributed by atoms with E-state index in [9.17, 15) is 4.79 Å². The molecule has 0 bridgehead atoms. The second kappa shape index (κ2) is 6.79. The summed E-state index contributed by atoms with van der Waals surface area (Å²) >= 11 is 0. The van der Waals surface area contributed by atoms with Crippen molar-refractivity contribution in [3.8, 4) is 11.5 Å². The van der Waals surface area contributed by atoms with Gasteiger partial charge < -0.3 is 4.74 Å². The van der Waals surface area contributed by atoms with Crippen LogP contribution in [0.4, 0.5) is 0 Å². The molecule has 0 aliphatic rings. The lowest BCUT2D eigenvalue weighted by Crippen LogP contribution is -2.07. The molecular formula is C18H15N3O2. The number of carbonyl (C=O) groups excluding carboxylic acids is 1. The van der Waals surface area contributed by atoms with Crippen molar-refractivity contribution in [3.63, 3.8) is 0 Å². The van der Waals surface area contributed by atoms with Crippen LogP contribution < -0.4 is 4.74 Å². The highest BCUT2D eigenvalue weighted by atomic mass is 16.5. The number of hydrogen-bond acceptors (Lipinski definition) is 5. The summed E-state index contributed by atoms with van der Waals surface area (Å²) in [5.41, 5.74) is 2.14. The molecule has 0 saturated carbocycles. The molecule has 0 aliphatic carbocycles. The first-order valence-electron chi connectivity index (χ1n) is 7.19. The van der Waals surface area contributed by atoms with Crippen molar-refractivity contribution >= 4 is 5.78 Å². The van der Waals surface area contributed by atoms with Crippen molar-refractivity contribution < 1.29 is 9.53 Å². The van der Waals surface area contributed by atoms with Crippen molar-refractivity contribution in [3.05, 3.63) is 78.1 Å². The van der Waals surface area contributed by atoms with E-state index in [0.29, 0.717) is 17.2 Å². The molecular weight excluding hydrogens is 290 g/mol. The number of rotatable bonds is 5. The summed E-state index contributed by atoms with van der Waals surface area (Å²) in [6.45, 7) is 1.96. The van der Waals surface area contributed by atoms with Gasteiger partial charge in [0.2, 0.25) is 0 Å². The summed E-state index contributed by atoms with van der Waals surface area (Å²) in [7, 11) is 0. The average molecular weight is 305 g/mol. The minimum atomic E-state index is -0.0991. The lowest BCUT2D eigenvalue weighted by atomic mass is 10.1. The average Bonchev–Trinajstić information content (AvgIpc) is 2.58. The molecule has 0 amide bonds. The second-order valence-electron chi connectivity index (χ2n) is 5.09. The number of hydrogen-bond donors (Lipinski definition) is 0. The molecule has 0 fully saturated rings. The first kappa shape index (κ1) is 14.8. The van der Waals surface area contributed by atoms with Crippen molar-refractivity contribution in [1.29, 1.82) is 0 Å². The topological polar surface area (TPSA) is 65.0 Å². The number of aryl methyl sites for hydroxylation is 1. The number of pyridine rings is 3. The predicted molar refractivity (Wildman–Crippen MR) is 85.6 cm³/mol. The number of ether oxygens (including phenoxy) is 1. The molecule has 0 unspecified atom stereocenters. The van der Waals surface area contributed by atoms with Gasteiger partial charge in [0.15, 0.2) is 5.78 Å². The van der Waals surface area contributed by atoms with Crippen LogP contribution in [0, 0.1) is 6.92 Å². The molecule has 3 aromatic rings. The van der Waals surface area contributed by atoms with Crippen LogP contribution in [0.1, 0.15) is 21.7 Å². The van der Waals surface area contributed by atoms with E-state index < -0.39 is 0 Å². The quantitative estimate of drug-likeness (QED) is 0.676. The van der Waals surface area contributed by atoms with Crippen LogP contribution in [0.3, 0.4) is 0 Å². The zero-order valence-electron chi connectivity index (χ0n) is 12.6. The molecule has 5 nitrogen and oxygen atoms in total. The highest BCUT2D eigenvalue weighted by Crippen LogP contribution is 2.20. The van der Waals surface area contributed by atoms with Crippen LogP contribution in [-0.2, 0) is 6.42 Å². The molecule has 0 aliphatic heterocycles. The Morgan fingerprint density at radius 1 is 1.04 bits per heavy atom. The summed E-state index contributed by atoms with van der Waals surface area (Å²) in [4.78, 5) is 24.7. The third-order valence-corrected chi connectivity index (χ3v) is 3.20. The van der Waals surface area contributed by atoms with Crippen LogP contribution in [0.2, 0.25) is 0 Å². The zero-order valence-corrected chi connectivity index (χ0v) is 12.6. The Balaban J connectivity index is 1.73. The van der Waals surface area contributed by atoms with Crippen LogP contribution in [0.15, 0.2) is 61.2 Å². The van der Waals surface area contributed by atoms with E-state index in [4.69, 9.17) is 4.74 Å². The fourth-order valence-corrected chi connectivity index (χ4v) is 2.03. The number of nitrogens with zero attached hydrogens (tertiary/aromatic N) is 3. The summed E-state index contributed by atoms with van der Waals surface area (Å²) < 4.78 is 5.66. The second-order valence-corrected chi connectivity index (χ2v) is 5.09. The molecule has 3 aromatic heterocycles. The molecule has 3 rings (SSSR count). The summed E-state index contributed by atoms with van der Waals surface area (Å²) in [6.07, 6.45) is 6.80. The Labute approximate surface area is 134 Å². The fourth-order valence-electron chi connectivity index (χ4n) is 2.03. The first-order valence-corrected chi connectivity index (χ1v) is 7.19. The number of carbonyl (C=O) groups is 1. The van der Waals surface area contributed by atoms with Gasteiger partial charge in [-0.25, -0.2) is 0 Å². The first-order chi connectivity index (χ1) is 11.2. The zero-order chi connectivity index (χ0) is 16.1. The highest BCUT2D eigenvalue weighted by Gasteiger charge is 2.11. The van der Waals surface area contributed by atoms with Crippen LogP contribution >= 0.6 is 0 Å². The van der Waals surface area contributed by atoms with E-state index in [1.807, 2.05) is 19.1 Å². The lowest BCUT2D eigenvalue weighted by Gasteiger charge is -2.06. The molecule has 0 radical (unpaired) electrons. The third-order valence-electron chi connectivity index (χ3n) is 3.20. The minimum absolute atomic E-state index is 0.0991. The van der Waals surface area contributed by atoms with Gasteiger partial charge in [0.1, 0.15) is 17.2 Å². The Morgan fingerprint density at radius 2 is 1.96 bits per heavy atom. The van der Waals surface area contributed by atoms with Gasteiger partial charge in [0, 0.05) is 30.4 Å². The highest BCUT2D eigenvalue weighted by molar-refractivity contribution is 5.95. The fraction of sp³-hybridized carbons (Fsp3) is 0.111. The van der Waals surface area contributed by atoms with E-state index >= 15 is 0 Å². The molecule has 0 spiro atoms. The monoisotopic (exact) mass is 305 g/mol. The maximum atomic E-state index is 12.3. The smallest absolute Gasteiger partial charge is 0.187 e. The maximum absolute atomic E-state index is 12.3. The molecule has 5 heteroatoms. The normalized spacial score (nSPS) is 10.3. The van der Waals surface area contributed by atoms with E-state index in [2.05, 4.69) is 15.0 Å². The van der Waals surface area contributed by atoms with Crippen molar-refractivity contribution in [2.75, 3.05) is 0 Å². The van der Waals surface area contributed by atoms with E-state index in [-0.39, 0.29) is 12.2 Å². The summed E-state index contributed by atoms with van der Waals surface area (Å²) in [6, 6.07) is 10.7. The van der Waals surface area contributed by atoms with Gasteiger partial charge in [-0.1, -0.05) is 6.07 Å². The SMILES string of the molecule is Cc1ccc(CC(=O)c2cc(Oc3cccnc3)ccn2)nc1. The largest absolute Gasteiger partial charge is 0.456 e. The van der Waals surface area contributed by atoms with E-state index in [1.54, 1.807) is 49.1 Å². The number of Topliss-reactive ketones (excluding diaryl/α,β-unsaturated/α-hetero) is 1. The van der Waals surface area contributed by atoms with Gasteiger partial charge in [-0.15, -0.1) is 0 Å². The number of aromatic nitrogens is 3. The van der Waals surface area contributed by atoms with Crippen molar-refractivity contribution in [1.82, 2.24) is 15.0 Å². The Hall–Kier alpha value is -3.08. The Bertz CT molecular complexity index is 802. The summed E-state index contributed by atoms with van der Waals surface area (Å²) in [5.74, 6) is 1.06. The molecule has 3 heterocycles. The Morgan fingerprint density at radius 3 is 2.70 bits per heavy atom. The maximum Gasteiger partial charge on any atom is 0.187 e. The molecule has 23 heavy (non-hydrogen) atoms. The third kappa shape index (κ3) is 3.97. The summed E-state index contributed by atoms with van der Waals surface area (Å²) in [5, 5.41) is 0. The van der Waals surface area contributed by atoms with Gasteiger partial charge in [-0.05, 0) is 36.8 Å². The van der Waals surface area contributed by atoms with E-state index in [0.717, 1.165) is 11.3 Å². The molecule has 0 aromatic carbocycles. The van der Waals surface area contributed by atoms with Gasteiger partial charge in [0.05, 0.1) is 12.6 Å². The molecule has 0 N–H and O–H groups in total. The molecule has 0 atom stereocenters. The van der Waals surface area contributed by atoms with Crippen molar-refractivity contribution in [2.45, 2.75) is 13.3 Å². The van der Waals surface area contributed by atoms with Gasteiger partial charge >= 0.3 is 0 Å². The lowest BCUT2D eigenvalue weighted by molar-refractivity contribution is 0.0987. The standard InChI is InChI=1S/C18H15N3O2/c1-13-4-5-14(21-11-13)9-18(22)17-10-15(6-8-20-17)23-16-3-2-7-19-12-16/h2-8,10-12H,9H2,1H3. The van der Waals surface area contributed by atoms with Crippen LogP contribution in [-0.4, -0.2) is 20.7 Å². The van der Waals surface area contributed by atoms with Gasteiger partial charge in [-0.3, -0.25) is 19.7 Å². The van der Waals surface area contributed by atoms with Crippen LogP contribution in [0.25, 0.3) is 0 Å². The molecule has 0 saturated heterocycles. The van der Waals surface area contributed by atoms with Crippen LogP contribution in [0.5, 0.6) is 11.5 Å². The van der Waals surface area contributed by atoms with Gasteiger partial charge in [0.25, 0.3) is 0 Å². The van der Waals surface area contributed by atoms with Crippen molar-refractivity contribution in [2.24, 2.45) is 0 Å². The van der Waals surface area contributed by atoms with Gasteiger partial charge in [-0.2, -0.15) is 0 Å².